The van der Waals surface area contributed by atoms with E-state index < -0.39 is 7.12 Å². The number of hydrogen-bond acceptors (Lipinski definition) is 6. The monoisotopic (exact) mass is 372 g/mol. The van der Waals surface area contributed by atoms with E-state index in [2.05, 4.69) is 22.8 Å². The Morgan fingerprint density at radius 3 is 2.85 bits per heavy atom. The summed E-state index contributed by atoms with van der Waals surface area (Å²) in [7, 11) is 0.983. The number of rotatable bonds is 8. The van der Waals surface area contributed by atoms with Crippen LogP contribution < -0.4 is 10.6 Å². The van der Waals surface area contributed by atoms with Gasteiger partial charge in [0.1, 0.15) is 11.6 Å². The summed E-state index contributed by atoms with van der Waals surface area (Å²) in [6, 6.07) is 6.59. The zero-order chi connectivity index (χ0) is 19.4. The molecule has 2 aliphatic rings. The first-order valence-electron chi connectivity index (χ1n) is 9.80. The van der Waals surface area contributed by atoms with Crippen molar-refractivity contribution >= 4 is 18.7 Å². The van der Waals surface area contributed by atoms with Crippen LogP contribution in [-0.4, -0.2) is 43.4 Å². The Morgan fingerprint density at radius 1 is 1.33 bits per heavy atom. The highest BCUT2D eigenvalue weighted by Gasteiger charge is 2.36. The van der Waals surface area contributed by atoms with Crippen LogP contribution in [-0.2, 0) is 27.2 Å². The molecular formula is C20H29BN2O4. The second kappa shape index (κ2) is 9.10. The molecule has 1 unspecified atom stereocenters. The molecule has 0 radical (unpaired) electrons. The highest BCUT2D eigenvalue weighted by atomic mass is 16.5. The van der Waals surface area contributed by atoms with Crippen molar-refractivity contribution < 1.29 is 19.3 Å². The minimum Gasteiger partial charge on any atom is -0.427 e. The lowest BCUT2D eigenvalue weighted by atomic mass is 9.64. The van der Waals surface area contributed by atoms with E-state index in [1.165, 1.54) is 18.1 Å². The normalized spacial score (nSPS) is 24.7. The Morgan fingerprint density at radius 2 is 2.15 bits per heavy atom. The fourth-order valence-corrected chi connectivity index (χ4v) is 4.18. The minimum absolute atomic E-state index is 0.0600. The molecule has 27 heavy (non-hydrogen) atoms. The van der Waals surface area contributed by atoms with Crippen LogP contribution in [0.4, 0.5) is 0 Å². The molecule has 0 amide bonds. The van der Waals surface area contributed by atoms with Gasteiger partial charge in [0, 0.05) is 50.3 Å². The van der Waals surface area contributed by atoms with E-state index in [1.54, 1.807) is 0 Å². The quantitative estimate of drug-likeness (QED) is 0.601. The van der Waals surface area contributed by atoms with Crippen LogP contribution in [0.15, 0.2) is 18.2 Å². The lowest BCUT2D eigenvalue weighted by Crippen LogP contribution is -2.37. The van der Waals surface area contributed by atoms with Crippen LogP contribution in [0.3, 0.4) is 0 Å². The summed E-state index contributed by atoms with van der Waals surface area (Å²) in [6.07, 6.45) is 2.22. The molecule has 3 rings (SSSR count). The van der Waals surface area contributed by atoms with Crippen molar-refractivity contribution in [2.24, 2.45) is 0 Å². The fraction of sp³-hybridized carbons (Fsp3) is 0.600. The Bertz CT molecular complexity index is 697. The number of carbonyl (C=O) groups is 2. The summed E-state index contributed by atoms with van der Waals surface area (Å²) < 4.78 is 5.52. The first kappa shape index (κ1) is 20.2. The molecule has 1 aromatic carbocycles. The lowest BCUT2D eigenvalue weighted by molar-refractivity contribution is -0.120. The second-order valence-corrected chi connectivity index (χ2v) is 7.84. The van der Waals surface area contributed by atoms with Gasteiger partial charge in [-0.2, -0.15) is 0 Å². The zero-order valence-corrected chi connectivity index (χ0v) is 16.2. The van der Waals surface area contributed by atoms with Gasteiger partial charge >= 0.3 is 7.12 Å². The third kappa shape index (κ3) is 5.26. The van der Waals surface area contributed by atoms with Gasteiger partial charge in [-0.15, -0.1) is 0 Å². The van der Waals surface area contributed by atoms with Gasteiger partial charge in [0.25, 0.3) is 0 Å². The molecule has 146 valence electrons. The van der Waals surface area contributed by atoms with Crippen molar-refractivity contribution in [1.29, 1.82) is 0 Å². The van der Waals surface area contributed by atoms with Crippen LogP contribution in [0.2, 0.25) is 5.82 Å². The van der Waals surface area contributed by atoms with Crippen molar-refractivity contribution in [1.82, 2.24) is 10.6 Å². The highest BCUT2D eigenvalue weighted by Crippen LogP contribution is 2.31. The first-order valence-corrected chi connectivity index (χ1v) is 9.80. The van der Waals surface area contributed by atoms with Crippen molar-refractivity contribution in [2.45, 2.75) is 63.5 Å². The van der Waals surface area contributed by atoms with Gasteiger partial charge in [-0.25, -0.2) is 0 Å². The Kier molecular flexibility index (Phi) is 6.81. The van der Waals surface area contributed by atoms with E-state index in [4.69, 9.17) is 4.65 Å². The maximum absolute atomic E-state index is 12.5. The summed E-state index contributed by atoms with van der Waals surface area (Å²) in [5.74, 6) is -0.00746. The number of hydrogen-bond donors (Lipinski definition) is 3. The number of nitrogens with one attached hydrogen (secondary N) is 2. The topological polar surface area (TPSA) is 87.7 Å². The van der Waals surface area contributed by atoms with Crippen molar-refractivity contribution in [3.8, 4) is 0 Å². The van der Waals surface area contributed by atoms with Gasteiger partial charge in [-0.3, -0.25) is 9.59 Å². The standard InChI is InChI=1S/C20H29BN2O4/c1-13(24)7-18-5-4-16(21(26)27-18)10-17(25)9-14-3-6-19-15(8-14)11-23-20(19)12-22-2/h3,6,8,16,18,20,22-23,26H,4-5,7,9-12H2,1-2H3/t16-,18+,20?/m1/s1. The molecule has 3 atom stereocenters. The third-order valence-electron chi connectivity index (χ3n) is 5.53. The molecule has 2 aliphatic heterocycles. The average molecular weight is 372 g/mol. The first-order chi connectivity index (χ1) is 13.0. The predicted octanol–water partition coefficient (Wildman–Crippen LogP) is 1.56. The number of Topliss-reactive ketones (excluding diaryl/α,β-unsaturated/α-hetero) is 2. The van der Waals surface area contributed by atoms with Crippen LogP contribution >= 0.6 is 0 Å². The molecule has 3 N–H and O–H groups in total. The van der Waals surface area contributed by atoms with E-state index in [-0.39, 0.29) is 23.5 Å². The Balaban J connectivity index is 1.52. The Labute approximate surface area is 161 Å². The van der Waals surface area contributed by atoms with E-state index in [9.17, 15) is 14.6 Å². The van der Waals surface area contributed by atoms with Gasteiger partial charge in [0.05, 0.1) is 0 Å². The fourth-order valence-electron chi connectivity index (χ4n) is 4.18. The van der Waals surface area contributed by atoms with Crippen LogP contribution in [0.1, 0.15) is 55.3 Å². The molecule has 1 fully saturated rings. The molecule has 6 nitrogen and oxygen atoms in total. The second-order valence-electron chi connectivity index (χ2n) is 7.84. The summed E-state index contributed by atoms with van der Waals surface area (Å²) in [4.78, 5) is 23.7. The van der Waals surface area contributed by atoms with E-state index in [1.807, 2.05) is 13.1 Å². The number of fused-ring (bicyclic) bond motifs is 1. The molecule has 2 heterocycles. The molecular weight excluding hydrogens is 343 g/mol. The molecule has 0 spiro atoms. The average Bonchev–Trinajstić information content (AvgIpc) is 2.99. The van der Waals surface area contributed by atoms with Gasteiger partial charge in [-0.05, 0) is 43.5 Å². The van der Waals surface area contributed by atoms with E-state index in [0.717, 1.165) is 18.7 Å². The number of ketones is 2. The van der Waals surface area contributed by atoms with Gasteiger partial charge < -0.3 is 20.3 Å². The Hall–Kier alpha value is -1.54. The zero-order valence-electron chi connectivity index (χ0n) is 16.2. The smallest absolute Gasteiger partial charge is 0.427 e. The third-order valence-corrected chi connectivity index (χ3v) is 5.53. The predicted molar refractivity (Wildman–Crippen MR) is 104 cm³/mol. The summed E-state index contributed by atoms with van der Waals surface area (Å²) in [5, 5.41) is 16.8. The minimum atomic E-state index is -0.960. The largest absolute Gasteiger partial charge is 0.458 e. The summed E-state index contributed by atoms with van der Waals surface area (Å²) in [5.41, 5.74) is 3.58. The maximum atomic E-state index is 12.5. The number of carbonyl (C=O) groups excluding carboxylic acids is 2. The summed E-state index contributed by atoms with van der Waals surface area (Å²) >= 11 is 0. The lowest BCUT2D eigenvalue weighted by Gasteiger charge is -2.30. The van der Waals surface area contributed by atoms with Crippen LogP contribution in [0, 0.1) is 0 Å². The number of benzene rings is 1. The molecule has 0 bridgehead atoms. The van der Waals surface area contributed by atoms with Gasteiger partial charge in [0.2, 0.25) is 0 Å². The van der Waals surface area contributed by atoms with Gasteiger partial charge in [0.15, 0.2) is 0 Å². The van der Waals surface area contributed by atoms with Crippen molar-refractivity contribution in [3.05, 3.63) is 34.9 Å². The molecule has 1 aromatic rings. The SMILES string of the molecule is CNCC1NCc2cc(CC(=O)C[C@H]3CC[C@@H](CC(C)=O)OB3O)ccc21. The summed E-state index contributed by atoms with van der Waals surface area (Å²) in [6.45, 7) is 3.24. The molecule has 1 saturated heterocycles. The van der Waals surface area contributed by atoms with Crippen LogP contribution in [0.5, 0.6) is 0 Å². The molecule has 0 saturated carbocycles. The van der Waals surface area contributed by atoms with Gasteiger partial charge in [-0.1, -0.05) is 18.2 Å². The van der Waals surface area contributed by atoms with E-state index >= 15 is 0 Å². The molecule has 7 heteroatoms. The molecule has 0 aromatic heterocycles. The molecule has 0 aliphatic carbocycles. The van der Waals surface area contributed by atoms with Crippen molar-refractivity contribution in [2.75, 3.05) is 13.6 Å². The maximum Gasteiger partial charge on any atom is 0.458 e. The highest BCUT2D eigenvalue weighted by molar-refractivity contribution is 6.45. The number of likely N-dealkylation sites (N-methyl/N-ethyl adjacent to an activating group) is 1. The van der Waals surface area contributed by atoms with E-state index in [0.29, 0.717) is 38.1 Å². The van der Waals surface area contributed by atoms with Crippen LogP contribution in [0.25, 0.3) is 0 Å². The van der Waals surface area contributed by atoms with Crippen molar-refractivity contribution in [3.63, 3.8) is 0 Å².